The smallest absolute Gasteiger partial charge is 0.416 e. The van der Waals surface area contributed by atoms with Crippen LogP contribution in [0.15, 0.2) is 48.5 Å². The third kappa shape index (κ3) is 4.15. The molecule has 0 spiro atoms. The molecular formula is C14H13ClF3NO. The summed E-state index contributed by atoms with van der Waals surface area (Å²) in [5.74, 6) is 0.893. The molecule has 0 aliphatic carbocycles. The Bertz CT molecular complexity index is 555. The van der Waals surface area contributed by atoms with Crippen LogP contribution in [0.3, 0.4) is 0 Å². The number of rotatable bonds is 3. The first-order valence-electron chi connectivity index (χ1n) is 5.63. The van der Waals surface area contributed by atoms with Gasteiger partial charge < -0.3 is 10.5 Å². The maximum Gasteiger partial charge on any atom is 0.416 e. The van der Waals surface area contributed by atoms with Crippen LogP contribution in [0.4, 0.5) is 13.2 Å². The zero-order valence-electron chi connectivity index (χ0n) is 10.4. The van der Waals surface area contributed by atoms with E-state index in [4.69, 9.17) is 10.5 Å². The fraction of sp³-hybridized carbons (Fsp3) is 0.143. The van der Waals surface area contributed by atoms with Crippen molar-refractivity contribution in [2.24, 2.45) is 5.73 Å². The van der Waals surface area contributed by atoms with E-state index in [1.165, 1.54) is 12.1 Å². The highest BCUT2D eigenvalue weighted by molar-refractivity contribution is 5.85. The molecule has 0 aromatic heterocycles. The first-order chi connectivity index (χ1) is 8.99. The Labute approximate surface area is 120 Å². The highest BCUT2D eigenvalue weighted by Gasteiger charge is 2.30. The zero-order valence-corrected chi connectivity index (χ0v) is 11.2. The van der Waals surface area contributed by atoms with Gasteiger partial charge in [-0.05, 0) is 42.0 Å². The van der Waals surface area contributed by atoms with E-state index in [-0.39, 0.29) is 12.4 Å². The van der Waals surface area contributed by atoms with Gasteiger partial charge in [0.25, 0.3) is 0 Å². The monoisotopic (exact) mass is 303 g/mol. The average Bonchev–Trinajstić information content (AvgIpc) is 2.38. The summed E-state index contributed by atoms with van der Waals surface area (Å²) < 4.78 is 42.6. The number of nitrogens with two attached hydrogens (primary N) is 1. The van der Waals surface area contributed by atoms with Crippen LogP contribution in [-0.2, 0) is 12.7 Å². The van der Waals surface area contributed by atoms with Crippen molar-refractivity contribution < 1.29 is 17.9 Å². The summed E-state index contributed by atoms with van der Waals surface area (Å²) in [6.45, 7) is 0.379. The number of hydrogen-bond acceptors (Lipinski definition) is 2. The van der Waals surface area contributed by atoms with Gasteiger partial charge in [0.05, 0.1) is 5.56 Å². The van der Waals surface area contributed by atoms with Gasteiger partial charge in [0.15, 0.2) is 0 Å². The molecule has 0 radical (unpaired) electrons. The van der Waals surface area contributed by atoms with Gasteiger partial charge in [0.1, 0.15) is 11.5 Å². The normalized spacial score (nSPS) is 10.8. The molecule has 0 fully saturated rings. The Morgan fingerprint density at radius 3 is 2.15 bits per heavy atom. The number of ether oxygens (including phenoxy) is 1. The quantitative estimate of drug-likeness (QED) is 0.913. The van der Waals surface area contributed by atoms with E-state index < -0.39 is 11.7 Å². The molecule has 0 heterocycles. The summed E-state index contributed by atoms with van der Waals surface area (Å²) in [6, 6.07) is 11.6. The predicted molar refractivity (Wildman–Crippen MR) is 73.1 cm³/mol. The van der Waals surface area contributed by atoms with Gasteiger partial charge in [0, 0.05) is 6.54 Å². The van der Waals surface area contributed by atoms with Crippen molar-refractivity contribution in [3.8, 4) is 11.5 Å². The summed E-state index contributed by atoms with van der Waals surface area (Å²) in [7, 11) is 0. The minimum atomic E-state index is -4.34. The van der Waals surface area contributed by atoms with Gasteiger partial charge in [-0.2, -0.15) is 13.2 Å². The Morgan fingerprint density at radius 2 is 1.60 bits per heavy atom. The Balaban J connectivity index is 0.00000200. The molecule has 20 heavy (non-hydrogen) atoms. The molecule has 6 heteroatoms. The van der Waals surface area contributed by atoms with Crippen LogP contribution in [0.25, 0.3) is 0 Å². The summed E-state index contributed by atoms with van der Waals surface area (Å²) in [4.78, 5) is 0. The van der Waals surface area contributed by atoms with Crippen LogP contribution in [-0.4, -0.2) is 0 Å². The average molecular weight is 304 g/mol. The van der Waals surface area contributed by atoms with E-state index in [2.05, 4.69) is 0 Å². The van der Waals surface area contributed by atoms with Crippen LogP contribution < -0.4 is 10.5 Å². The molecule has 2 rings (SSSR count). The first kappa shape index (κ1) is 16.3. The van der Waals surface area contributed by atoms with Gasteiger partial charge in [-0.3, -0.25) is 0 Å². The number of halogens is 4. The third-order valence-electron chi connectivity index (χ3n) is 2.55. The molecular weight excluding hydrogens is 291 g/mol. The second-order valence-corrected chi connectivity index (χ2v) is 3.98. The Hall–Kier alpha value is -1.72. The predicted octanol–water partition coefficient (Wildman–Crippen LogP) is 4.38. The number of benzene rings is 2. The molecule has 2 nitrogen and oxygen atoms in total. The van der Waals surface area contributed by atoms with E-state index in [1.54, 1.807) is 18.2 Å². The maximum absolute atomic E-state index is 12.4. The summed E-state index contributed by atoms with van der Waals surface area (Å²) in [5.41, 5.74) is 5.69. The molecule has 0 atom stereocenters. The molecule has 0 saturated carbocycles. The first-order valence-corrected chi connectivity index (χ1v) is 5.63. The van der Waals surface area contributed by atoms with Crippen molar-refractivity contribution in [2.45, 2.75) is 12.7 Å². The van der Waals surface area contributed by atoms with Crippen molar-refractivity contribution in [3.63, 3.8) is 0 Å². The number of hydrogen-bond donors (Lipinski definition) is 1. The second kappa shape index (κ2) is 6.63. The minimum Gasteiger partial charge on any atom is -0.457 e. The van der Waals surface area contributed by atoms with Crippen LogP contribution in [0, 0.1) is 0 Å². The third-order valence-corrected chi connectivity index (χ3v) is 2.55. The minimum absolute atomic E-state index is 0. The van der Waals surface area contributed by atoms with Gasteiger partial charge in [-0.15, -0.1) is 12.4 Å². The summed E-state index contributed by atoms with van der Waals surface area (Å²) >= 11 is 0. The molecule has 0 unspecified atom stereocenters. The highest BCUT2D eigenvalue weighted by Crippen LogP contribution is 2.31. The van der Waals surface area contributed by atoms with Crippen molar-refractivity contribution in [1.82, 2.24) is 0 Å². The molecule has 0 aliphatic rings. The zero-order chi connectivity index (χ0) is 13.9. The van der Waals surface area contributed by atoms with E-state index in [9.17, 15) is 13.2 Å². The molecule has 2 N–H and O–H groups in total. The van der Waals surface area contributed by atoms with Crippen LogP contribution in [0.5, 0.6) is 11.5 Å². The molecule has 0 amide bonds. The van der Waals surface area contributed by atoms with Crippen LogP contribution in [0.2, 0.25) is 0 Å². The lowest BCUT2D eigenvalue weighted by Crippen LogP contribution is -2.04. The summed E-state index contributed by atoms with van der Waals surface area (Å²) in [5, 5.41) is 0. The number of alkyl halides is 3. The van der Waals surface area contributed by atoms with Crippen molar-refractivity contribution in [2.75, 3.05) is 0 Å². The summed E-state index contributed by atoms with van der Waals surface area (Å²) in [6.07, 6.45) is -4.34. The fourth-order valence-corrected chi connectivity index (χ4v) is 1.58. The highest BCUT2D eigenvalue weighted by atomic mass is 35.5. The molecule has 0 saturated heterocycles. The topological polar surface area (TPSA) is 35.2 Å². The largest absolute Gasteiger partial charge is 0.457 e. The van der Waals surface area contributed by atoms with E-state index in [0.29, 0.717) is 18.0 Å². The van der Waals surface area contributed by atoms with Crippen molar-refractivity contribution in [3.05, 3.63) is 59.7 Å². The Morgan fingerprint density at radius 1 is 0.950 bits per heavy atom. The molecule has 108 valence electrons. The lowest BCUT2D eigenvalue weighted by Gasteiger charge is -2.09. The van der Waals surface area contributed by atoms with Gasteiger partial charge in [0.2, 0.25) is 0 Å². The van der Waals surface area contributed by atoms with Gasteiger partial charge in [-0.25, -0.2) is 0 Å². The van der Waals surface area contributed by atoms with Crippen LogP contribution >= 0.6 is 12.4 Å². The molecule has 0 aliphatic heterocycles. The molecule has 2 aromatic rings. The fourth-order valence-electron chi connectivity index (χ4n) is 1.58. The van der Waals surface area contributed by atoms with Crippen LogP contribution in [0.1, 0.15) is 11.1 Å². The standard InChI is InChI=1S/C14H12F3NO.ClH/c15-14(16,17)11-4-6-12(7-5-11)19-13-3-1-2-10(8-13)9-18;/h1-8H,9,18H2;1H. The Kier molecular flexibility index (Phi) is 5.42. The van der Waals surface area contributed by atoms with Crippen molar-refractivity contribution >= 4 is 12.4 Å². The van der Waals surface area contributed by atoms with Gasteiger partial charge in [-0.1, -0.05) is 12.1 Å². The molecule has 2 aromatic carbocycles. The van der Waals surface area contributed by atoms with E-state index >= 15 is 0 Å². The lowest BCUT2D eigenvalue weighted by atomic mass is 10.2. The molecule has 0 bridgehead atoms. The lowest BCUT2D eigenvalue weighted by molar-refractivity contribution is -0.137. The van der Waals surface area contributed by atoms with Gasteiger partial charge >= 0.3 is 6.18 Å². The van der Waals surface area contributed by atoms with Crippen molar-refractivity contribution in [1.29, 1.82) is 0 Å². The van der Waals surface area contributed by atoms with E-state index in [1.807, 2.05) is 6.07 Å². The maximum atomic E-state index is 12.4. The second-order valence-electron chi connectivity index (χ2n) is 3.98. The SMILES string of the molecule is Cl.NCc1cccc(Oc2ccc(C(F)(F)F)cc2)c1. The van der Waals surface area contributed by atoms with E-state index in [0.717, 1.165) is 17.7 Å².